The van der Waals surface area contributed by atoms with Crippen LogP contribution in [0.25, 0.3) is 0 Å². The molecule has 0 amide bonds. The van der Waals surface area contributed by atoms with Crippen LogP contribution in [0.3, 0.4) is 0 Å². The third kappa shape index (κ3) is 26.8. The Bertz CT molecular complexity index is 156. The Hall–Kier alpha value is 0.340. The third-order valence-electron chi connectivity index (χ3n) is 1.59. The number of aliphatic hydroxyl groups is 2. The van der Waals surface area contributed by atoms with Crippen molar-refractivity contribution in [1.82, 2.24) is 0 Å². The van der Waals surface area contributed by atoms with Gasteiger partial charge in [0.1, 0.15) is 11.1 Å². The Morgan fingerprint density at radius 2 is 1.00 bits per heavy atom. The second-order valence-corrected chi connectivity index (χ2v) is 4.74. The molecule has 0 saturated heterocycles. The van der Waals surface area contributed by atoms with E-state index in [0.29, 0.717) is 39.6 Å². The summed E-state index contributed by atoms with van der Waals surface area (Å²) in [6.45, 7) is 6.21. The van der Waals surface area contributed by atoms with Crippen molar-refractivity contribution < 1.29 is 29.2 Å². The lowest BCUT2D eigenvalue weighted by atomic mass is 10.7. The molecule has 0 aliphatic carbocycles. The number of halogens is 2. The molecule has 0 aromatic heterocycles. The molecule has 0 radical (unpaired) electrons. The minimum atomic E-state index is -0.285. The predicted molar refractivity (Wildman–Crippen MR) is 78.3 cm³/mol. The number of rotatable bonds is 12. The normalized spacial score (nSPS) is 13.5. The average Bonchev–Trinajstić information content (AvgIpc) is 2.36. The highest BCUT2D eigenvalue weighted by molar-refractivity contribution is 6.21. The van der Waals surface area contributed by atoms with Gasteiger partial charge in [0.15, 0.2) is 0 Å². The molecule has 0 aromatic rings. The van der Waals surface area contributed by atoms with Crippen LogP contribution in [0.15, 0.2) is 0 Å². The fourth-order valence-electron chi connectivity index (χ4n) is 0.929. The topological polar surface area (TPSA) is 77.4 Å². The molecular formula is C12H26Cl2O6. The molecule has 8 heteroatoms. The van der Waals surface area contributed by atoms with Crippen molar-refractivity contribution in [3.63, 3.8) is 0 Å². The van der Waals surface area contributed by atoms with Gasteiger partial charge in [0.05, 0.1) is 52.9 Å². The van der Waals surface area contributed by atoms with Crippen molar-refractivity contribution >= 4 is 23.2 Å². The predicted octanol–water partition coefficient (Wildman–Crippen LogP) is 1.19. The first-order valence-corrected chi connectivity index (χ1v) is 7.30. The molecule has 0 aliphatic rings. The first-order valence-electron chi connectivity index (χ1n) is 6.43. The van der Waals surface area contributed by atoms with E-state index in [9.17, 15) is 0 Å². The highest BCUT2D eigenvalue weighted by Gasteiger charge is 1.98. The standard InChI is InChI=1S/C8H18O5.C4H8Cl2O/c9-1-3-11-5-7-13-8-6-12-4-2-10;1-3(5)7-4(2)6/h9-10H,1-8H2;3-4H,1-2H3. The van der Waals surface area contributed by atoms with Crippen LogP contribution in [0.2, 0.25) is 0 Å². The van der Waals surface area contributed by atoms with Crippen LogP contribution in [0.1, 0.15) is 13.8 Å². The van der Waals surface area contributed by atoms with E-state index in [4.69, 9.17) is 52.4 Å². The molecule has 0 aliphatic heterocycles. The summed E-state index contributed by atoms with van der Waals surface area (Å²) in [7, 11) is 0. The van der Waals surface area contributed by atoms with Crippen molar-refractivity contribution in [3.8, 4) is 0 Å². The summed E-state index contributed by atoms with van der Waals surface area (Å²) in [5, 5.41) is 16.7. The minimum absolute atomic E-state index is 0.0413. The van der Waals surface area contributed by atoms with Gasteiger partial charge in [-0.1, -0.05) is 23.2 Å². The van der Waals surface area contributed by atoms with Crippen LogP contribution in [0.4, 0.5) is 0 Å². The van der Waals surface area contributed by atoms with Gasteiger partial charge in [-0.2, -0.15) is 0 Å². The third-order valence-corrected chi connectivity index (χ3v) is 1.80. The van der Waals surface area contributed by atoms with E-state index in [-0.39, 0.29) is 24.3 Å². The molecule has 124 valence electrons. The van der Waals surface area contributed by atoms with E-state index >= 15 is 0 Å². The van der Waals surface area contributed by atoms with Crippen molar-refractivity contribution in [3.05, 3.63) is 0 Å². The second-order valence-electron chi connectivity index (χ2n) is 3.51. The van der Waals surface area contributed by atoms with Crippen molar-refractivity contribution in [1.29, 1.82) is 0 Å². The maximum Gasteiger partial charge on any atom is 0.130 e. The van der Waals surface area contributed by atoms with Crippen LogP contribution < -0.4 is 0 Å². The maximum absolute atomic E-state index is 8.36. The van der Waals surface area contributed by atoms with Gasteiger partial charge in [-0.15, -0.1) is 0 Å². The molecule has 0 spiro atoms. The zero-order valence-corrected chi connectivity index (χ0v) is 13.6. The molecule has 2 N–H and O–H groups in total. The lowest BCUT2D eigenvalue weighted by molar-refractivity contribution is 0.00230. The molecule has 0 aromatic carbocycles. The summed E-state index contributed by atoms with van der Waals surface area (Å²) in [5.74, 6) is 0. The van der Waals surface area contributed by atoms with E-state index in [1.54, 1.807) is 13.8 Å². The van der Waals surface area contributed by atoms with Gasteiger partial charge < -0.3 is 29.2 Å². The summed E-state index contributed by atoms with van der Waals surface area (Å²) in [4.78, 5) is 0. The summed E-state index contributed by atoms with van der Waals surface area (Å²) in [6.07, 6.45) is 0. The molecule has 2 atom stereocenters. The molecule has 0 rings (SSSR count). The fourth-order valence-corrected chi connectivity index (χ4v) is 1.29. The monoisotopic (exact) mass is 336 g/mol. The summed E-state index contributed by atoms with van der Waals surface area (Å²) < 4.78 is 19.8. The van der Waals surface area contributed by atoms with Crippen molar-refractivity contribution in [2.75, 3.05) is 52.9 Å². The van der Waals surface area contributed by atoms with Crippen molar-refractivity contribution in [2.45, 2.75) is 25.0 Å². The van der Waals surface area contributed by atoms with Crippen LogP contribution in [-0.4, -0.2) is 74.2 Å². The number of hydrogen-bond donors (Lipinski definition) is 2. The summed E-state index contributed by atoms with van der Waals surface area (Å²) in [6, 6.07) is 0. The highest BCUT2D eigenvalue weighted by Crippen LogP contribution is 2.03. The Kier molecular flexibility index (Phi) is 21.9. The number of aliphatic hydroxyl groups excluding tert-OH is 2. The first-order chi connectivity index (χ1) is 9.54. The van der Waals surface area contributed by atoms with Crippen LogP contribution >= 0.6 is 23.2 Å². The minimum Gasteiger partial charge on any atom is -0.394 e. The average molecular weight is 337 g/mol. The van der Waals surface area contributed by atoms with Gasteiger partial charge in [-0.25, -0.2) is 0 Å². The van der Waals surface area contributed by atoms with E-state index < -0.39 is 0 Å². The summed E-state index contributed by atoms with van der Waals surface area (Å²) >= 11 is 10.7. The zero-order valence-electron chi connectivity index (χ0n) is 12.1. The fraction of sp³-hybridized carbons (Fsp3) is 1.00. The quantitative estimate of drug-likeness (QED) is 0.412. The molecule has 6 nitrogen and oxygen atoms in total. The number of alkyl halides is 2. The van der Waals surface area contributed by atoms with Crippen LogP contribution in [0.5, 0.6) is 0 Å². The Labute approximate surface area is 130 Å². The lowest BCUT2D eigenvalue weighted by Gasteiger charge is -2.05. The Morgan fingerprint density at radius 1 is 0.700 bits per heavy atom. The largest absolute Gasteiger partial charge is 0.394 e. The number of ether oxygens (including phenoxy) is 4. The molecule has 20 heavy (non-hydrogen) atoms. The number of hydrogen-bond acceptors (Lipinski definition) is 6. The van der Waals surface area contributed by atoms with Gasteiger partial charge in [-0.05, 0) is 13.8 Å². The van der Waals surface area contributed by atoms with Gasteiger partial charge in [0.2, 0.25) is 0 Å². The Morgan fingerprint density at radius 3 is 1.20 bits per heavy atom. The van der Waals surface area contributed by atoms with E-state index in [1.807, 2.05) is 0 Å². The van der Waals surface area contributed by atoms with Crippen LogP contribution in [-0.2, 0) is 18.9 Å². The van der Waals surface area contributed by atoms with E-state index in [1.165, 1.54) is 0 Å². The molecule has 0 bridgehead atoms. The molecule has 2 unspecified atom stereocenters. The van der Waals surface area contributed by atoms with Gasteiger partial charge in [0, 0.05) is 0 Å². The van der Waals surface area contributed by atoms with Gasteiger partial charge in [0.25, 0.3) is 0 Å². The van der Waals surface area contributed by atoms with Crippen LogP contribution in [0, 0.1) is 0 Å². The Balaban J connectivity index is 0. The van der Waals surface area contributed by atoms with E-state index in [2.05, 4.69) is 0 Å². The summed E-state index contributed by atoms with van der Waals surface area (Å²) in [5.41, 5.74) is -0.569. The van der Waals surface area contributed by atoms with Gasteiger partial charge >= 0.3 is 0 Å². The molecule has 0 saturated carbocycles. The lowest BCUT2D eigenvalue weighted by Crippen LogP contribution is -2.11. The molecular weight excluding hydrogens is 311 g/mol. The second kappa shape index (κ2) is 19.3. The first kappa shape index (κ1) is 22.6. The zero-order chi connectivity index (χ0) is 15.6. The molecule has 0 fully saturated rings. The van der Waals surface area contributed by atoms with Crippen molar-refractivity contribution in [2.24, 2.45) is 0 Å². The van der Waals surface area contributed by atoms with Gasteiger partial charge in [-0.3, -0.25) is 0 Å². The SMILES string of the molecule is CC(Cl)OC(C)Cl.OCCOCCOCCOCCO. The highest BCUT2D eigenvalue weighted by atomic mass is 35.5. The van der Waals surface area contributed by atoms with E-state index in [0.717, 1.165) is 0 Å². The smallest absolute Gasteiger partial charge is 0.130 e. The molecule has 0 heterocycles. The maximum atomic E-state index is 8.36.